The van der Waals surface area contributed by atoms with Crippen LogP contribution in [0, 0.1) is 5.92 Å². The summed E-state index contributed by atoms with van der Waals surface area (Å²) < 4.78 is 0. The molecule has 0 heterocycles. The molecule has 0 aromatic heterocycles. The SMILES string of the molecule is C=CCN(C=C(C)C)CC1CC1. The molecule has 0 N–H and O–H groups in total. The molecule has 0 amide bonds. The summed E-state index contributed by atoms with van der Waals surface area (Å²) >= 11 is 0. The molecular formula is C11H19N. The summed E-state index contributed by atoms with van der Waals surface area (Å²) in [6.45, 7) is 10.3. The van der Waals surface area contributed by atoms with Gasteiger partial charge in [0.1, 0.15) is 0 Å². The van der Waals surface area contributed by atoms with E-state index in [4.69, 9.17) is 0 Å². The van der Waals surface area contributed by atoms with E-state index in [0.717, 1.165) is 12.5 Å². The van der Waals surface area contributed by atoms with Crippen molar-refractivity contribution in [3.8, 4) is 0 Å². The second-order valence-corrected chi connectivity index (χ2v) is 3.89. The van der Waals surface area contributed by atoms with Gasteiger partial charge in [-0.25, -0.2) is 0 Å². The lowest BCUT2D eigenvalue weighted by molar-refractivity contribution is 0.393. The average molecular weight is 165 g/mol. The first-order chi connectivity index (χ1) is 5.72. The third-order valence-corrected chi connectivity index (χ3v) is 1.99. The summed E-state index contributed by atoms with van der Waals surface area (Å²) in [6.07, 6.45) is 7.05. The lowest BCUT2D eigenvalue weighted by atomic mass is 10.3. The van der Waals surface area contributed by atoms with Gasteiger partial charge in [-0.05, 0) is 38.8 Å². The number of hydrogen-bond acceptors (Lipinski definition) is 1. The molecule has 1 aliphatic rings. The van der Waals surface area contributed by atoms with Crippen LogP contribution in [0.2, 0.25) is 0 Å². The van der Waals surface area contributed by atoms with E-state index in [9.17, 15) is 0 Å². The van der Waals surface area contributed by atoms with Crippen LogP contribution < -0.4 is 0 Å². The fourth-order valence-electron chi connectivity index (χ4n) is 1.34. The van der Waals surface area contributed by atoms with Crippen LogP contribution in [0.4, 0.5) is 0 Å². The predicted molar refractivity (Wildman–Crippen MR) is 53.9 cm³/mol. The quantitative estimate of drug-likeness (QED) is 0.566. The Bertz CT molecular complexity index is 173. The van der Waals surface area contributed by atoms with Gasteiger partial charge in [0.05, 0.1) is 0 Å². The zero-order chi connectivity index (χ0) is 8.97. The molecule has 0 radical (unpaired) electrons. The summed E-state index contributed by atoms with van der Waals surface area (Å²) in [6, 6.07) is 0. The van der Waals surface area contributed by atoms with Crippen LogP contribution in [0.15, 0.2) is 24.4 Å². The Morgan fingerprint density at radius 2 is 2.17 bits per heavy atom. The molecule has 0 aromatic rings. The Morgan fingerprint density at radius 3 is 2.58 bits per heavy atom. The number of hydrogen-bond donors (Lipinski definition) is 0. The summed E-state index contributed by atoms with van der Waals surface area (Å²) in [5.74, 6) is 0.959. The van der Waals surface area contributed by atoms with Gasteiger partial charge in [0.2, 0.25) is 0 Å². The second-order valence-electron chi connectivity index (χ2n) is 3.89. The largest absolute Gasteiger partial charge is 0.373 e. The van der Waals surface area contributed by atoms with Gasteiger partial charge >= 0.3 is 0 Å². The van der Waals surface area contributed by atoms with E-state index in [-0.39, 0.29) is 0 Å². The highest BCUT2D eigenvalue weighted by molar-refractivity contribution is 4.96. The third kappa shape index (κ3) is 3.61. The molecule has 12 heavy (non-hydrogen) atoms. The normalized spacial score (nSPS) is 15.5. The van der Waals surface area contributed by atoms with Crippen LogP contribution in [0.25, 0.3) is 0 Å². The predicted octanol–water partition coefficient (Wildman–Crippen LogP) is 2.81. The first-order valence-corrected chi connectivity index (χ1v) is 4.72. The molecule has 1 fully saturated rings. The Balaban J connectivity index is 2.35. The van der Waals surface area contributed by atoms with Crippen molar-refractivity contribution in [2.24, 2.45) is 5.92 Å². The maximum Gasteiger partial charge on any atom is 0.0351 e. The van der Waals surface area contributed by atoms with Gasteiger partial charge in [-0.3, -0.25) is 0 Å². The van der Waals surface area contributed by atoms with Crippen LogP contribution in [-0.2, 0) is 0 Å². The van der Waals surface area contributed by atoms with Crippen molar-refractivity contribution in [2.45, 2.75) is 26.7 Å². The van der Waals surface area contributed by atoms with E-state index in [0.29, 0.717) is 0 Å². The first-order valence-electron chi connectivity index (χ1n) is 4.72. The molecule has 0 saturated heterocycles. The highest BCUT2D eigenvalue weighted by Gasteiger charge is 2.22. The third-order valence-electron chi connectivity index (χ3n) is 1.99. The molecule has 0 aromatic carbocycles. The van der Waals surface area contributed by atoms with Crippen molar-refractivity contribution in [1.29, 1.82) is 0 Å². The van der Waals surface area contributed by atoms with Gasteiger partial charge in [0.15, 0.2) is 0 Å². The van der Waals surface area contributed by atoms with Gasteiger partial charge in [0.25, 0.3) is 0 Å². The van der Waals surface area contributed by atoms with Crippen molar-refractivity contribution < 1.29 is 0 Å². The summed E-state index contributed by atoms with van der Waals surface area (Å²) in [5, 5.41) is 0. The van der Waals surface area contributed by atoms with E-state index >= 15 is 0 Å². The molecule has 68 valence electrons. The molecule has 0 atom stereocenters. The highest BCUT2D eigenvalue weighted by Crippen LogP contribution is 2.29. The number of nitrogens with zero attached hydrogens (tertiary/aromatic N) is 1. The van der Waals surface area contributed by atoms with Crippen molar-refractivity contribution in [3.05, 3.63) is 24.4 Å². The zero-order valence-electron chi connectivity index (χ0n) is 8.21. The lowest BCUT2D eigenvalue weighted by Gasteiger charge is -2.18. The molecule has 1 aliphatic carbocycles. The average Bonchev–Trinajstić information content (AvgIpc) is 2.70. The topological polar surface area (TPSA) is 3.24 Å². The molecule has 0 bridgehead atoms. The Kier molecular flexibility index (Phi) is 3.39. The molecule has 1 rings (SSSR count). The molecule has 0 spiro atoms. The van der Waals surface area contributed by atoms with Crippen molar-refractivity contribution >= 4 is 0 Å². The van der Waals surface area contributed by atoms with Gasteiger partial charge < -0.3 is 4.90 Å². The fourth-order valence-corrected chi connectivity index (χ4v) is 1.34. The number of rotatable bonds is 5. The van der Waals surface area contributed by atoms with Crippen LogP contribution in [0.3, 0.4) is 0 Å². The minimum Gasteiger partial charge on any atom is -0.373 e. The van der Waals surface area contributed by atoms with Crippen LogP contribution >= 0.6 is 0 Å². The van der Waals surface area contributed by atoms with E-state index in [1.54, 1.807) is 0 Å². The second kappa shape index (κ2) is 4.34. The summed E-state index contributed by atoms with van der Waals surface area (Å²) in [5.41, 5.74) is 1.37. The maximum atomic E-state index is 3.76. The minimum atomic E-state index is 0.959. The van der Waals surface area contributed by atoms with Gasteiger partial charge in [-0.1, -0.05) is 11.6 Å². The van der Waals surface area contributed by atoms with Gasteiger partial charge in [-0.15, -0.1) is 6.58 Å². The molecule has 1 saturated carbocycles. The monoisotopic (exact) mass is 165 g/mol. The van der Waals surface area contributed by atoms with Crippen molar-refractivity contribution in [2.75, 3.05) is 13.1 Å². The maximum absolute atomic E-state index is 3.76. The smallest absolute Gasteiger partial charge is 0.0351 e. The molecule has 1 heteroatoms. The molecule has 1 nitrogen and oxygen atoms in total. The minimum absolute atomic E-state index is 0.959. The summed E-state index contributed by atoms with van der Waals surface area (Å²) in [4.78, 5) is 2.36. The van der Waals surface area contributed by atoms with E-state index in [1.807, 2.05) is 6.08 Å². The number of allylic oxidation sites excluding steroid dienone is 1. The Morgan fingerprint density at radius 1 is 1.50 bits per heavy atom. The molecular weight excluding hydrogens is 146 g/mol. The van der Waals surface area contributed by atoms with Crippen molar-refractivity contribution in [1.82, 2.24) is 4.90 Å². The first kappa shape index (κ1) is 9.37. The van der Waals surface area contributed by atoms with Crippen LogP contribution in [0.1, 0.15) is 26.7 Å². The summed E-state index contributed by atoms with van der Waals surface area (Å²) in [7, 11) is 0. The van der Waals surface area contributed by atoms with Gasteiger partial charge in [0, 0.05) is 13.1 Å². The Labute approximate surface area is 75.8 Å². The molecule has 0 aliphatic heterocycles. The standard InChI is InChI=1S/C11H19N/c1-4-7-12(8-10(2)3)9-11-5-6-11/h4,8,11H,1,5-7,9H2,2-3H3. The van der Waals surface area contributed by atoms with E-state index in [1.165, 1.54) is 25.0 Å². The van der Waals surface area contributed by atoms with Gasteiger partial charge in [-0.2, -0.15) is 0 Å². The highest BCUT2D eigenvalue weighted by atomic mass is 15.1. The fraction of sp³-hybridized carbons (Fsp3) is 0.636. The van der Waals surface area contributed by atoms with Crippen LogP contribution in [-0.4, -0.2) is 18.0 Å². The Hall–Kier alpha value is -0.720. The zero-order valence-corrected chi connectivity index (χ0v) is 8.21. The molecule has 0 unspecified atom stereocenters. The van der Waals surface area contributed by atoms with Crippen LogP contribution in [0.5, 0.6) is 0 Å². The lowest BCUT2D eigenvalue weighted by Crippen LogP contribution is -2.20. The van der Waals surface area contributed by atoms with Crippen molar-refractivity contribution in [3.63, 3.8) is 0 Å². The van der Waals surface area contributed by atoms with E-state index in [2.05, 4.69) is 31.5 Å². The van der Waals surface area contributed by atoms with E-state index < -0.39 is 0 Å².